The van der Waals surface area contributed by atoms with Crippen LogP contribution < -0.4 is 0 Å². The lowest BCUT2D eigenvalue weighted by atomic mass is 9.98. The molecule has 0 saturated heterocycles. The molecule has 0 aliphatic heterocycles. The van der Waals surface area contributed by atoms with E-state index < -0.39 is 0 Å². The zero-order chi connectivity index (χ0) is 11.0. The lowest BCUT2D eigenvalue weighted by Gasteiger charge is -2.06. The number of hydrogen-bond donors (Lipinski definition) is 0. The highest BCUT2D eigenvalue weighted by molar-refractivity contribution is 5.99. The normalized spacial score (nSPS) is 10.6. The summed E-state index contributed by atoms with van der Waals surface area (Å²) in [6.45, 7) is 5.77. The van der Waals surface area contributed by atoms with Crippen LogP contribution in [0.25, 0.3) is 10.8 Å². The van der Waals surface area contributed by atoms with Crippen LogP contribution in [0.4, 0.5) is 0 Å². The van der Waals surface area contributed by atoms with Gasteiger partial charge in [0.25, 0.3) is 0 Å². The number of carbonyl (C=O) groups excluding carboxylic acids is 1. The first-order valence-corrected chi connectivity index (χ1v) is 5.10. The van der Waals surface area contributed by atoms with Crippen molar-refractivity contribution in [1.29, 1.82) is 0 Å². The molecule has 0 spiro atoms. The zero-order valence-corrected chi connectivity index (χ0v) is 9.29. The van der Waals surface area contributed by atoms with Gasteiger partial charge in [0, 0.05) is 5.56 Å². The van der Waals surface area contributed by atoms with Crippen LogP contribution in [-0.2, 0) is 0 Å². The molecule has 0 unspecified atom stereocenters. The van der Waals surface area contributed by atoms with Crippen molar-refractivity contribution in [3.8, 4) is 0 Å². The Bertz CT molecular complexity index is 538. The molecule has 0 saturated carbocycles. The first kappa shape index (κ1) is 9.91. The van der Waals surface area contributed by atoms with E-state index >= 15 is 0 Å². The summed E-state index contributed by atoms with van der Waals surface area (Å²) in [5, 5.41) is 2.42. The van der Waals surface area contributed by atoms with Crippen molar-refractivity contribution in [2.24, 2.45) is 0 Å². The van der Waals surface area contributed by atoms with Gasteiger partial charge in [-0.3, -0.25) is 4.79 Å². The van der Waals surface area contributed by atoms with Gasteiger partial charge in [-0.15, -0.1) is 0 Å². The van der Waals surface area contributed by atoms with Gasteiger partial charge in [-0.25, -0.2) is 0 Å². The summed E-state index contributed by atoms with van der Waals surface area (Å²) in [5.74, 6) is 0.123. The van der Waals surface area contributed by atoms with E-state index in [1.54, 1.807) is 6.92 Å². The maximum atomic E-state index is 11.3. The monoisotopic (exact) mass is 198 g/mol. The van der Waals surface area contributed by atoms with Crippen molar-refractivity contribution in [1.82, 2.24) is 0 Å². The second kappa shape index (κ2) is 3.50. The van der Waals surface area contributed by atoms with Crippen LogP contribution in [0.5, 0.6) is 0 Å². The van der Waals surface area contributed by atoms with E-state index in [4.69, 9.17) is 0 Å². The fourth-order valence-corrected chi connectivity index (χ4v) is 1.86. The molecule has 1 heteroatoms. The molecule has 1 nitrogen and oxygen atoms in total. The van der Waals surface area contributed by atoms with E-state index in [-0.39, 0.29) is 5.78 Å². The Kier molecular flexibility index (Phi) is 2.31. The van der Waals surface area contributed by atoms with Crippen LogP contribution in [-0.4, -0.2) is 5.78 Å². The number of carbonyl (C=O) groups is 1. The molecule has 0 radical (unpaired) electrons. The van der Waals surface area contributed by atoms with Crippen molar-refractivity contribution in [2.75, 3.05) is 0 Å². The smallest absolute Gasteiger partial charge is 0.159 e. The van der Waals surface area contributed by atoms with Crippen LogP contribution in [0.3, 0.4) is 0 Å². The van der Waals surface area contributed by atoms with E-state index in [1.807, 2.05) is 18.2 Å². The molecule has 76 valence electrons. The summed E-state index contributed by atoms with van der Waals surface area (Å²) in [7, 11) is 0. The van der Waals surface area contributed by atoms with Crippen LogP contribution in [0.1, 0.15) is 28.4 Å². The third-order valence-corrected chi connectivity index (χ3v) is 2.86. The Balaban J connectivity index is 2.81. The number of hydrogen-bond acceptors (Lipinski definition) is 1. The molecule has 0 N–H and O–H groups in total. The average Bonchev–Trinajstić information content (AvgIpc) is 2.23. The van der Waals surface area contributed by atoms with Crippen LogP contribution in [0, 0.1) is 13.8 Å². The van der Waals surface area contributed by atoms with E-state index in [0.717, 1.165) is 5.56 Å². The molecule has 0 aromatic heterocycles. The number of rotatable bonds is 1. The fourth-order valence-electron chi connectivity index (χ4n) is 1.86. The molecule has 15 heavy (non-hydrogen) atoms. The van der Waals surface area contributed by atoms with Gasteiger partial charge >= 0.3 is 0 Å². The Morgan fingerprint density at radius 2 is 1.53 bits per heavy atom. The van der Waals surface area contributed by atoms with Crippen LogP contribution >= 0.6 is 0 Å². The molecular formula is C14H14O. The molecule has 0 aliphatic carbocycles. The van der Waals surface area contributed by atoms with Crippen molar-refractivity contribution in [3.05, 3.63) is 47.0 Å². The summed E-state index contributed by atoms with van der Waals surface area (Å²) in [6, 6.07) is 10.1. The van der Waals surface area contributed by atoms with E-state index in [0.29, 0.717) is 0 Å². The van der Waals surface area contributed by atoms with Gasteiger partial charge in [-0.2, -0.15) is 0 Å². The largest absolute Gasteiger partial charge is 0.295 e. The summed E-state index contributed by atoms with van der Waals surface area (Å²) in [4.78, 5) is 11.3. The Morgan fingerprint density at radius 1 is 0.933 bits per heavy atom. The maximum Gasteiger partial charge on any atom is 0.159 e. The number of benzene rings is 2. The number of aryl methyl sites for hydroxylation is 2. The summed E-state index contributed by atoms with van der Waals surface area (Å²) < 4.78 is 0. The highest BCUT2D eigenvalue weighted by Gasteiger charge is 2.04. The Hall–Kier alpha value is -1.63. The van der Waals surface area contributed by atoms with E-state index in [1.165, 1.54) is 21.9 Å². The van der Waals surface area contributed by atoms with Gasteiger partial charge < -0.3 is 0 Å². The first-order valence-electron chi connectivity index (χ1n) is 5.10. The Morgan fingerprint density at radius 3 is 2.13 bits per heavy atom. The Labute approximate surface area is 89.7 Å². The minimum atomic E-state index is 0.123. The number of ketones is 1. The highest BCUT2D eigenvalue weighted by Crippen LogP contribution is 2.23. The lowest BCUT2D eigenvalue weighted by molar-refractivity contribution is 0.101. The predicted molar refractivity (Wildman–Crippen MR) is 63.4 cm³/mol. The fraction of sp³-hybridized carbons (Fsp3) is 0.214. The molecule has 0 amide bonds. The van der Waals surface area contributed by atoms with E-state index in [2.05, 4.69) is 26.0 Å². The second-order valence-corrected chi connectivity index (χ2v) is 4.02. The van der Waals surface area contributed by atoms with Gasteiger partial charge in [0.2, 0.25) is 0 Å². The summed E-state index contributed by atoms with van der Waals surface area (Å²) >= 11 is 0. The summed E-state index contributed by atoms with van der Waals surface area (Å²) in [5.41, 5.74) is 3.26. The number of fused-ring (bicyclic) bond motifs is 1. The van der Waals surface area contributed by atoms with Gasteiger partial charge in [-0.05, 0) is 48.7 Å². The molecule has 2 aromatic rings. The van der Waals surface area contributed by atoms with Gasteiger partial charge in [0.1, 0.15) is 0 Å². The maximum absolute atomic E-state index is 11.3. The molecule has 0 bridgehead atoms. The van der Waals surface area contributed by atoms with Crippen LogP contribution in [0.2, 0.25) is 0 Å². The SMILES string of the molecule is CC(=O)c1ccc2c(C)ccc(C)c2c1. The number of Topliss-reactive ketones (excluding diaryl/α,β-unsaturated/α-hetero) is 1. The predicted octanol–water partition coefficient (Wildman–Crippen LogP) is 3.66. The van der Waals surface area contributed by atoms with Crippen molar-refractivity contribution < 1.29 is 4.79 Å². The van der Waals surface area contributed by atoms with Crippen LogP contribution in [0.15, 0.2) is 30.3 Å². The summed E-state index contributed by atoms with van der Waals surface area (Å²) in [6.07, 6.45) is 0. The van der Waals surface area contributed by atoms with Crippen molar-refractivity contribution in [2.45, 2.75) is 20.8 Å². The van der Waals surface area contributed by atoms with Gasteiger partial charge in [0.15, 0.2) is 5.78 Å². The standard InChI is InChI=1S/C14H14O/c1-9-4-5-10(2)14-8-12(11(3)15)6-7-13(9)14/h4-8H,1-3H3. The third kappa shape index (κ3) is 1.65. The molecule has 0 aliphatic rings. The minimum absolute atomic E-state index is 0.123. The molecular weight excluding hydrogens is 184 g/mol. The molecule has 0 heterocycles. The molecule has 0 fully saturated rings. The van der Waals surface area contributed by atoms with E-state index in [9.17, 15) is 4.79 Å². The van der Waals surface area contributed by atoms with Gasteiger partial charge in [-0.1, -0.05) is 24.3 Å². The quantitative estimate of drug-likeness (QED) is 0.639. The molecule has 2 rings (SSSR count). The average molecular weight is 198 g/mol. The zero-order valence-electron chi connectivity index (χ0n) is 9.29. The third-order valence-electron chi connectivity index (χ3n) is 2.86. The highest BCUT2D eigenvalue weighted by atomic mass is 16.1. The van der Waals surface area contributed by atoms with Crippen molar-refractivity contribution >= 4 is 16.6 Å². The minimum Gasteiger partial charge on any atom is -0.295 e. The molecule has 0 atom stereocenters. The second-order valence-electron chi connectivity index (χ2n) is 4.02. The molecule has 2 aromatic carbocycles. The van der Waals surface area contributed by atoms with Gasteiger partial charge in [0.05, 0.1) is 0 Å². The first-order chi connectivity index (χ1) is 7.09. The van der Waals surface area contributed by atoms with Crippen molar-refractivity contribution in [3.63, 3.8) is 0 Å². The lowest BCUT2D eigenvalue weighted by Crippen LogP contribution is -1.92. The topological polar surface area (TPSA) is 17.1 Å².